The van der Waals surface area contributed by atoms with Crippen molar-refractivity contribution in [2.24, 2.45) is 0 Å². The van der Waals surface area contributed by atoms with E-state index in [9.17, 15) is 4.79 Å². The summed E-state index contributed by atoms with van der Waals surface area (Å²) in [6.45, 7) is 4.72. The largest absolute Gasteiger partial charge is 0.369 e. The summed E-state index contributed by atoms with van der Waals surface area (Å²) in [5, 5.41) is 4.36. The molecule has 1 N–H and O–H groups in total. The van der Waals surface area contributed by atoms with Crippen LogP contribution < -0.4 is 5.32 Å². The van der Waals surface area contributed by atoms with Gasteiger partial charge in [0.1, 0.15) is 12.1 Å². The van der Waals surface area contributed by atoms with Gasteiger partial charge in [-0.2, -0.15) is 0 Å². The number of fused-ring (bicyclic) bond motifs is 2. The van der Waals surface area contributed by atoms with Gasteiger partial charge in [-0.15, -0.1) is 0 Å². The van der Waals surface area contributed by atoms with Crippen molar-refractivity contribution in [2.45, 2.75) is 51.1 Å². The zero-order valence-electron chi connectivity index (χ0n) is 16.3. The number of carbonyl (C=O) groups excluding carboxylic acids is 1. The van der Waals surface area contributed by atoms with Crippen LogP contribution in [0.2, 0.25) is 0 Å². The second kappa shape index (κ2) is 7.80. The van der Waals surface area contributed by atoms with E-state index in [1.54, 1.807) is 6.33 Å². The van der Waals surface area contributed by atoms with Gasteiger partial charge in [0.25, 0.3) is 0 Å². The van der Waals surface area contributed by atoms with Crippen LogP contribution in [-0.2, 0) is 4.79 Å². The van der Waals surface area contributed by atoms with E-state index in [0.29, 0.717) is 25.0 Å². The molecule has 1 aromatic carbocycles. The lowest BCUT2D eigenvalue weighted by atomic mass is 10.0. The number of anilines is 1. The highest BCUT2D eigenvalue weighted by Crippen LogP contribution is 2.29. The number of nitrogens with one attached hydrogen (secondary N) is 1. The Hall–Kier alpha value is -2.21. The lowest BCUT2D eigenvalue weighted by Gasteiger charge is -2.30. The molecule has 0 spiro atoms. The summed E-state index contributed by atoms with van der Waals surface area (Å²) in [6, 6.07) is 7.09. The fourth-order valence-corrected chi connectivity index (χ4v) is 4.63. The highest BCUT2D eigenvalue weighted by molar-refractivity contribution is 5.89. The Bertz CT molecular complexity index is 823. The Morgan fingerprint density at radius 1 is 1.19 bits per heavy atom. The number of likely N-dealkylation sites (tertiary alicyclic amines) is 2. The number of hydrogen-bond donors (Lipinski definition) is 1. The van der Waals surface area contributed by atoms with Crippen LogP contribution in [0.1, 0.15) is 37.7 Å². The lowest BCUT2D eigenvalue weighted by molar-refractivity contribution is -0.132. The smallest absolute Gasteiger partial charge is 0.224 e. The van der Waals surface area contributed by atoms with Crippen LogP contribution in [0.25, 0.3) is 10.9 Å². The van der Waals surface area contributed by atoms with Crippen LogP contribution in [0, 0.1) is 6.92 Å². The molecule has 2 aliphatic heterocycles. The Kier molecular flexibility index (Phi) is 5.25. The molecule has 6 nitrogen and oxygen atoms in total. The van der Waals surface area contributed by atoms with Gasteiger partial charge in [-0.1, -0.05) is 18.1 Å². The SMILES string of the molecule is Cc1ccc2ncnc(NCCC(=O)N3CC[C@@H]4[C@H]3CCCCN4C)c2c1. The van der Waals surface area contributed by atoms with E-state index in [1.807, 2.05) is 6.07 Å². The van der Waals surface area contributed by atoms with Gasteiger partial charge in [-0.25, -0.2) is 9.97 Å². The first-order valence-corrected chi connectivity index (χ1v) is 10.1. The summed E-state index contributed by atoms with van der Waals surface area (Å²) in [5.41, 5.74) is 2.10. The number of benzene rings is 1. The number of aromatic nitrogens is 2. The highest BCUT2D eigenvalue weighted by Gasteiger charge is 2.39. The van der Waals surface area contributed by atoms with Crippen molar-refractivity contribution < 1.29 is 4.79 Å². The van der Waals surface area contributed by atoms with E-state index in [1.165, 1.54) is 18.4 Å². The number of aryl methyl sites for hydroxylation is 1. The molecule has 0 saturated carbocycles. The second-order valence-electron chi connectivity index (χ2n) is 7.91. The van der Waals surface area contributed by atoms with Crippen LogP contribution in [0.4, 0.5) is 5.82 Å². The van der Waals surface area contributed by atoms with E-state index >= 15 is 0 Å². The topological polar surface area (TPSA) is 61.4 Å². The first kappa shape index (κ1) is 18.2. The molecular weight excluding hydrogens is 338 g/mol. The number of likely N-dealkylation sites (N-methyl/N-ethyl adjacent to an activating group) is 1. The zero-order valence-corrected chi connectivity index (χ0v) is 16.3. The fourth-order valence-electron chi connectivity index (χ4n) is 4.63. The van der Waals surface area contributed by atoms with Gasteiger partial charge in [0.2, 0.25) is 5.91 Å². The molecule has 27 heavy (non-hydrogen) atoms. The van der Waals surface area contributed by atoms with Crippen molar-refractivity contribution in [2.75, 3.05) is 32.0 Å². The maximum Gasteiger partial charge on any atom is 0.224 e. The Morgan fingerprint density at radius 2 is 2.07 bits per heavy atom. The van der Waals surface area contributed by atoms with Crippen molar-refractivity contribution >= 4 is 22.6 Å². The summed E-state index contributed by atoms with van der Waals surface area (Å²) in [7, 11) is 2.21. The monoisotopic (exact) mass is 367 g/mol. The maximum absolute atomic E-state index is 12.9. The van der Waals surface area contributed by atoms with E-state index in [-0.39, 0.29) is 5.91 Å². The van der Waals surface area contributed by atoms with Crippen molar-refractivity contribution in [3.63, 3.8) is 0 Å². The van der Waals surface area contributed by atoms with Crippen molar-refractivity contribution in [1.29, 1.82) is 0 Å². The minimum Gasteiger partial charge on any atom is -0.369 e. The molecule has 4 rings (SSSR count). The van der Waals surface area contributed by atoms with E-state index < -0.39 is 0 Å². The van der Waals surface area contributed by atoms with E-state index in [2.05, 4.69) is 51.2 Å². The Labute approximate surface area is 161 Å². The van der Waals surface area contributed by atoms with Crippen molar-refractivity contribution in [3.05, 3.63) is 30.1 Å². The molecule has 0 unspecified atom stereocenters. The second-order valence-corrected chi connectivity index (χ2v) is 7.91. The molecule has 1 amide bonds. The van der Waals surface area contributed by atoms with Crippen LogP contribution >= 0.6 is 0 Å². The quantitative estimate of drug-likeness (QED) is 0.900. The average molecular weight is 367 g/mol. The number of carbonyl (C=O) groups is 1. The summed E-state index contributed by atoms with van der Waals surface area (Å²) < 4.78 is 0. The minimum absolute atomic E-state index is 0.264. The number of nitrogens with zero attached hydrogens (tertiary/aromatic N) is 4. The Morgan fingerprint density at radius 3 is 2.96 bits per heavy atom. The zero-order chi connectivity index (χ0) is 18.8. The summed E-state index contributed by atoms with van der Waals surface area (Å²) in [5.74, 6) is 1.07. The van der Waals surface area contributed by atoms with Crippen LogP contribution in [-0.4, -0.2) is 64.4 Å². The molecule has 2 fully saturated rings. The molecule has 6 heteroatoms. The van der Waals surface area contributed by atoms with Crippen LogP contribution in [0.15, 0.2) is 24.5 Å². The third kappa shape index (κ3) is 3.76. The molecule has 0 radical (unpaired) electrons. The number of hydrogen-bond acceptors (Lipinski definition) is 5. The molecular formula is C21H29N5O. The van der Waals surface area contributed by atoms with Gasteiger partial charge in [0.15, 0.2) is 0 Å². The Balaban J connectivity index is 1.38. The van der Waals surface area contributed by atoms with E-state index in [0.717, 1.165) is 42.7 Å². The molecule has 0 bridgehead atoms. The maximum atomic E-state index is 12.9. The number of rotatable bonds is 4. The van der Waals surface area contributed by atoms with Gasteiger partial charge in [0, 0.05) is 37.0 Å². The van der Waals surface area contributed by atoms with Gasteiger partial charge in [-0.3, -0.25) is 4.79 Å². The first-order chi connectivity index (χ1) is 13.1. The van der Waals surface area contributed by atoms with Crippen LogP contribution in [0.3, 0.4) is 0 Å². The summed E-state index contributed by atoms with van der Waals surface area (Å²) in [4.78, 5) is 26.1. The first-order valence-electron chi connectivity index (χ1n) is 10.1. The number of amides is 1. The van der Waals surface area contributed by atoms with Crippen molar-refractivity contribution in [3.8, 4) is 0 Å². The average Bonchev–Trinajstić information content (AvgIpc) is 3.01. The molecule has 3 heterocycles. The summed E-state index contributed by atoms with van der Waals surface area (Å²) in [6.07, 6.45) is 6.80. The minimum atomic E-state index is 0.264. The summed E-state index contributed by atoms with van der Waals surface area (Å²) >= 11 is 0. The third-order valence-electron chi connectivity index (χ3n) is 6.08. The third-order valence-corrected chi connectivity index (χ3v) is 6.08. The predicted molar refractivity (Wildman–Crippen MR) is 108 cm³/mol. The molecule has 2 aliphatic rings. The molecule has 144 valence electrons. The molecule has 2 aromatic rings. The van der Waals surface area contributed by atoms with Gasteiger partial charge >= 0.3 is 0 Å². The standard InChI is InChI=1S/C21H29N5O/c1-15-6-7-17-16(13-15)21(24-14-23-17)22-10-8-20(27)26-12-9-18-19(26)5-3-4-11-25(18)2/h6-7,13-14,18-19H,3-5,8-12H2,1-2H3,(H,22,23,24)/t18-,19-/m1/s1. The molecule has 1 aromatic heterocycles. The van der Waals surface area contributed by atoms with Crippen LogP contribution in [0.5, 0.6) is 0 Å². The normalized spacial score (nSPS) is 23.3. The molecule has 0 aliphatic carbocycles. The molecule has 2 saturated heterocycles. The van der Waals surface area contributed by atoms with Gasteiger partial charge < -0.3 is 15.1 Å². The predicted octanol–water partition coefficient (Wildman–Crippen LogP) is 2.83. The fraction of sp³-hybridized carbons (Fsp3) is 0.571. The molecule has 2 atom stereocenters. The van der Waals surface area contributed by atoms with E-state index in [4.69, 9.17) is 0 Å². The van der Waals surface area contributed by atoms with Gasteiger partial charge in [0.05, 0.1) is 5.52 Å². The lowest BCUT2D eigenvalue weighted by Crippen LogP contribution is -2.44. The van der Waals surface area contributed by atoms with Crippen molar-refractivity contribution in [1.82, 2.24) is 19.8 Å². The highest BCUT2D eigenvalue weighted by atomic mass is 16.2. The van der Waals surface area contributed by atoms with Gasteiger partial charge in [-0.05, 0) is 51.9 Å².